The number of carboxylic acids is 1. The van der Waals surface area contributed by atoms with Crippen molar-refractivity contribution in [2.45, 2.75) is 43.9 Å². The standard InChI is InChI=1S/C15H17BrO2/c16-12-5-3-4-11(8-12)15(13(17)18)9-14(10-15)6-1-2-7-14/h3-5,8H,1-2,6-7,9-10H2,(H,17,18). The number of halogens is 1. The van der Waals surface area contributed by atoms with Crippen LogP contribution in [0.1, 0.15) is 44.1 Å². The average Bonchev–Trinajstić information content (AvgIpc) is 2.74. The minimum absolute atomic E-state index is 0.334. The highest BCUT2D eigenvalue weighted by atomic mass is 79.9. The minimum atomic E-state index is -0.655. The van der Waals surface area contributed by atoms with E-state index < -0.39 is 11.4 Å². The molecule has 18 heavy (non-hydrogen) atoms. The molecule has 2 fully saturated rings. The van der Waals surface area contributed by atoms with Gasteiger partial charge in [-0.25, -0.2) is 0 Å². The van der Waals surface area contributed by atoms with Gasteiger partial charge in [-0.1, -0.05) is 40.9 Å². The molecule has 0 heterocycles. The molecule has 0 radical (unpaired) electrons. The maximum atomic E-state index is 11.7. The SMILES string of the molecule is O=C(O)C1(c2cccc(Br)c2)CC2(CCCC2)C1. The zero-order valence-electron chi connectivity index (χ0n) is 10.3. The third-order valence-corrected chi connectivity index (χ3v) is 5.30. The van der Waals surface area contributed by atoms with Gasteiger partial charge in [0.2, 0.25) is 0 Å². The summed E-state index contributed by atoms with van der Waals surface area (Å²) in [6.45, 7) is 0. The van der Waals surface area contributed by atoms with Crippen LogP contribution in [0.5, 0.6) is 0 Å². The summed E-state index contributed by atoms with van der Waals surface area (Å²) in [5.41, 5.74) is 0.663. The van der Waals surface area contributed by atoms with Crippen LogP contribution in [0.3, 0.4) is 0 Å². The Labute approximate surface area is 116 Å². The van der Waals surface area contributed by atoms with Gasteiger partial charge in [-0.2, -0.15) is 0 Å². The van der Waals surface area contributed by atoms with Gasteiger partial charge < -0.3 is 5.11 Å². The van der Waals surface area contributed by atoms with Crippen molar-refractivity contribution in [3.8, 4) is 0 Å². The molecule has 3 rings (SSSR count). The summed E-state index contributed by atoms with van der Waals surface area (Å²) in [6.07, 6.45) is 6.63. The van der Waals surface area contributed by atoms with Crippen LogP contribution >= 0.6 is 15.9 Å². The van der Waals surface area contributed by atoms with Gasteiger partial charge in [-0.3, -0.25) is 4.79 Å². The summed E-state index contributed by atoms with van der Waals surface area (Å²) < 4.78 is 0.966. The van der Waals surface area contributed by atoms with Crippen LogP contribution in [0.2, 0.25) is 0 Å². The third-order valence-electron chi connectivity index (χ3n) is 4.80. The van der Waals surface area contributed by atoms with Gasteiger partial charge in [0.25, 0.3) is 0 Å². The number of hydrogen-bond acceptors (Lipinski definition) is 1. The fourth-order valence-electron chi connectivity index (χ4n) is 3.97. The van der Waals surface area contributed by atoms with E-state index in [9.17, 15) is 9.90 Å². The summed E-state index contributed by atoms with van der Waals surface area (Å²) in [7, 11) is 0. The van der Waals surface area contributed by atoms with Crippen molar-refractivity contribution in [1.29, 1.82) is 0 Å². The molecule has 2 nitrogen and oxygen atoms in total. The lowest BCUT2D eigenvalue weighted by Gasteiger charge is -2.52. The number of benzene rings is 1. The predicted octanol–water partition coefficient (Wildman–Crippen LogP) is 4.13. The largest absolute Gasteiger partial charge is 0.481 e. The number of carboxylic acid groups (broad SMARTS) is 1. The van der Waals surface area contributed by atoms with Crippen LogP contribution in [0.25, 0.3) is 0 Å². The topological polar surface area (TPSA) is 37.3 Å². The van der Waals surface area contributed by atoms with E-state index in [4.69, 9.17) is 0 Å². The van der Waals surface area contributed by atoms with Crippen LogP contribution in [0.15, 0.2) is 28.7 Å². The van der Waals surface area contributed by atoms with E-state index in [2.05, 4.69) is 15.9 Å². The van der Waals surface area contributed by atoms with E-state index in [0.29, 0.717) is 5.41 Å². The summed E-state index contributed by atoms with van der Waals surface area (Å²) in [5.74, 6) is -0.655. The molecular formula is C15H17BrO2. The van der Waals surface area contributed by atoms with Crippen molar-refractivity contribution in [3.63, 3.8) is 0 Å². The Morgan fingerprint density at radius 1 is 1.22 bits per heavy atom. The summed E-state index contributed by atoms with van der Waals surface area (Å²) in [6, 6.07) is 7.81. The molecule has 0 aromatic heterocycles. The smallest absolute Gasteiger partial charge is 0.314 e. The molecule has 0 amide bonds. The Balaban J connectivity index is 1.93. The van der Waals surface area contributed by atoms with Gasteiger partial charge in [0.1, 0.15) is 0 Å². The first kappa shape index (κ1) is 12.2. The highest BCUT2D eigenvalue weighted by Gasteiger charge is 2.60. The minimum Gasteiger partial charge on any atom is -0.481 e. The fraction of sp³-hybridized carbons (Fsp3) is 0.533. The Kier molecular flexibility index (Phi) is 2.77. The molecule has 1 spiro atoms. The number of rotatable bonds is 2. The second-order valence-electron chi connectivity index (χ2n) is 5.96. The molecule has 1 aromatic rings. The molecule has 0 aliphatic heterocycles. The van der Waals surface area contributed by atoms with Crippen molar-refractivity contribution in [2.75, 3.05) is 0 Å². The van der Waals surface area contributed by atoms with Crippen molar-refractivity contribution >= 4 is 21.9 Å². The highest BCUT2D eigenvalue weighted by Crippen LogP contribution is 2.63. The Morgan fingerprint density at radius 3 is 2.44 bits per heavy atom. The molecular weight excluding hydrogens is 292 g/mol. The van der Waals surface area contributed by atoms with E-state index in [1.54, 1.807) is 0 Å². The summed E-state index contributed by atoms with van der Waals surface area (Å²) in [4.78, 5) is 11.7. The second-order valence-corrected chi connectivity index (χ2v) is 6.87. The van der Waals surface area contributed by atoms with Crippen LogP contribution in [-0.4, -0.2) is 11.1 Å². The average molecular weight is 309 g/mol. The van der Waals surface area contributed by atoms with Crippen LogP contribution in [0, 0.1) is 5.41 Å². The number of hydrogen-bond donors (Lipinski definition) is 1. The summed E-state index contributed by atoms with van der Waals surface area (Å²) >= 11 is 3.44. The maximum Gasteiger partial charge on any atom is 0.314 e. The van der Waals surface area contributed by atoms with Crippen molar-refractivity contribution < 1.29 is 9.90 Å². The van der Waals surface area contributed by atoms with Gasteiger partial charge in [-0.15, -0.1) is 0 Å². The lowest BCUT2D eigenvalue weighted by molar-refractivity contribution is -0.154. The molecule has 0 saturated heterocycles. The van der Waals surface area contributed by atoms with Crippen LogP contribution in [0.4, 0.5) is 0 Å². The quantitative estimate of drug-likeness (QED) is 0.892. The fourth-order valence-corrected chi connectivity index (χ4v) is 4.37. The predicted molar refractivity (Wildman–Crippen MR) is 73.6 cm³/mol. The first-order valence-corrected chi connectivity index (χ1v) is 7.35. The van der Waals surface area contributed by atoms with Crippen LogP contribution < -0.4 is 0 Å². The van der Waals surface area contributed by atoms with Crippen LogP contribution in [-0.2, 0) is 10.2 Å². The van der Waals surface area contributed by atoms with Gasteiger partial charge in [0, 0.05) is 4.47 Å². The van der Waals surface area contributed by atoms with Crippen molar-refractivity contribution in [3.05, 3.63) is 34.3 Å². The van der Waals surface area contributed by atoms with E-state index in [0.717, 1.165) is 22.9 Å². The molecule has 1 N–H and O–H groups in total. The molecule has 0 bridgehead atoms. The van der Waals surface area contributed by atoms with E-state index in [1.165, 1.54) is 25.7 Å². The molecule has 96 valence electrons. The lowest BCUT2D eigenvalue weighted by Crippen LogP contribution is -2.53. The first-order valence-electron chi connectivity index (χ1n) is 6.56. The number of aliphatic carboxylic acids is 1. The van der Waals surface area contributed by atoms with E-state index in [1.807, 2.05) is 24.3 Å². The molecule has 1 aromatic carbocycles. The molecule has 2 aliphatic rings. The lowest BCUT2D eigenvalue weighted by atomic mass is 9.49. The molecule has 3 heteroatoms. The Hall–Kier alpha value is -0.830. The van der Waals surface area contributed by atoms with Crippen molar-refractivity contribution in [1.82, 2.24) is 0 Å². The second kappa shape index (κ2) is 4.09. The van der Waals surface area contributed by atoms with Gasteiger partial charge in [0.15, 0.2) is 0 Å². The van der Waals surface area contributed by atoms with E-state index in [-0.39, 0.29) is 0 Å². The molecule has 0 atom stereocenters. The third kappa shape index (κ3) is 1.71. The monoisotopic (exact) mass is 308 g/mol. The van der Waals surface area contributed by atoms with Crippen molar-refractivity contribution in [2.24, 2.45) is 5.41 Å². The van der Waals surface area contributed by atoms with Gasteiger partial charge in [0.05, 0.1) is 5.41 Å². The first-order chi connectivity index (χ1) is 8.56. The zero-order valence-corrected chi connectivity index (χ0v) is 11.9. The molecule has 2 saturated carbocycles. The molecule has 2 aliphatic carbocycles. The maximum absolute atomic E-state index is 11.7. The zero-order chi connectivity index (χ0) is 12.8. The van der Waals surface area contributed by atoms with Gasteiger partial charge in [-0.05, 0) is 48.8 Å². The van der Waals surface area contributed by atoms with Gasteiger partial charge >= 0.3 is 5.97 Å². The molecule has 0 unspecified atom stereocenters. The Bertz CT molecular complexity index is 481. The summed E-state index contributed by atoms with van der Waals surface area (Å²) in [5, 5.41) is 9.66. The normalized spacial score (nSPS) is 23.8. The number of carbonyl (C=O) groups is 1. The highest BCUT2D eigenvalue weighted by molar-refractivity contribution is 9.10. The van der Waals surface area contributed by atoms with E-state index >= 15 is 0 Å². The Morgan fingerprint density at radius 2 is 1.89 bits per heavy atom.